The number of carbonyl (C=O) groups excluding carboxylic acids is 1. The average Bonchev–Trinajstić information content (AvgIpc) is 2.89. The summed E-state index contributed by atoms with van der Waals surface area (Å²) in [4.78, 5) is 16.9. The van der Waals surface area contributed by atoms with Gasteiger partial charge >= 0.3 is 6.03 Å². The predicted octanol–water partition coefficient (Wildman–Crippen LogP) is 5.76. The van der Waals surface area contributed by atoms with Crippen molar-refractivity contribution in [1.29, 1.82) is 0 Å². The fourth-order valence-electron chi connectivity index (χ4n) is 4.10. The summed E-state index contributed by atoms with van der Waals surface area (Å²) in [6, 6.07) is 23.5. The summed E-state index contributed by atoms with van der Waals surface area (Å²) < 4.78 is 11.7. The first-order valence-corrected chi connectivity index (χ1v) is 12.2. The number of hydrogen-bond donors (Lipinski definition) is 1. The van der Waals surface area contributed by atoms with Gasteiger partial charge in [0.1, 0.15) is 5.75 Å². The van der Waals surface area contributed by atoms with Crippen molar-refractivity contribution in [1.82, 2.24) is 9.80 Å². The first kappa shape index (κ1) is 25.0. The summed E-state index contributed by atoms with van der Waals surface area (Å²) in [7, 11) is 1.66. The molecule has 6 nitrogen and oxygen atoms in total. The Hall–Kier alpha value is -3.06. The summed E-state index contributed by atoms with van der Waals surface area (Å²) in [5.41, 5.74) is 4.12. The topological polar surface area (TPSA) is 54.0 Å². The number of rotatable bonds is 8. The lowest BCUT2D eigenvalue weighted by molar-refractivity contribution is 0.00588. The van der Waals surface area contributed by atoms with Gasteiger partial charge in [-0.15, -0.1) is 0 Å². The quantitative estimate of drug-likeness (QED) is 0.433. The second-order valence-electron chi connectivity index (χ2n) is 8.79. The maximum absolute atomic E-state index is 12.7. The van der Waals surface area contributed by atoms with Gasteiger partial charge in [0, 0.05) is 43.4 Å². The van der Waals surface area contributed by atoms with Crippen LogP contribution in [0.4, 0.5) is 10.5 Å². The van der Waals surface area contributed by atoms with E-state index in [1.165, 1.54) is 5.56 Å². The van der Waals surface area contributed by atoms with Gasteiger partial charge in [-0.05, 0) is 54.4 Å². The number of piperazine rings is 1. The number of hydrogen-bond acceptors (Lipinski definition) is 4. The van der Waals surface area contributed by atoms with Crippen molar-refractivity contribution >= 4 is 23.3 Å². The number of methoxy groups -OCH3 is 1. The van der Waals surface area contributed by atoms with E-state index in [9.17, 15) is 4.79 Å². The SMILES string of the molecule is COc1cccc(COC(CN2CCN(C(=O)Nc3ccc(C)cc3)CC2)c2ccc(Cl)cc2)c1. The Kier molecular flexibility index (Phi) is 8.64. The Labute approximate surface area is 212 Å². The Morgan fingerprint density at radius 3 is 2.40 bits per heavy atom. The van der Waals surface area contributed by atoms with Crippen LogP contribution in [0, 0.1) is 6.92 Å². The molecule has 7 heteroatoms. The molecule has 0 saturated carbocycles. The van der Waals surface area contributed by atoms with Gasteiger partial charge < -0.3 is 19.7 Å². The Morgan fingerprint density at radius 1 is 1.00 bits per heavy atom. The number of halogens is 1. The minimum Gasteiger partial charge on any atom is -0.497 e. The van der Waals surface area contributed by atoms with Gasteiger partial charge in [0.15, 0.2) is 0 Å². The number of carbonyl (C=O) groups is 1. The van der Waals surface area contributed by atoms with Crippen LogP contribution in [0.1, 0.15) is 22.8 Å². The molecule has 0 aliphatic carbocycles. The molecular weight excluding hydrogens is 462 g/mol. The van der Waals surface area contributed by atoms with Crippen LogP contribution in [-0.4, -0.2) is 55.7 Å². The lowest BCUT2D eigenvalue weighted by Crippen LogP contribution is -2.50. The average molecular weight is 494 g/mol. The minimum atomic E-state index is -0.119. The molecule has 0 aromatic heterocycles. The maximum atomic E-state index is 12.7. The molecule has 1 atom stereocenters. The number of aryl methyl sites for hydroxylation is 1. The van der Waals surface area contributed by atoms with Crippen LogP contribution in [0.15, 0.2) is 72.8 Å². The van der Waals surface area contributed by atoms with Crippen molar-refractivity contribution in [3.05, 3.63) is 94.5 Å². The second kappa shape index (κ2) is 12.1. The Balaban J connectivity index is 1.35. The van der Waals surface area contributed by atoms with Crippen molar-refractivity contribution in [2.75, 3.05) is 45.2 Å². The Morgan fingerprint density at radius 2 is 1.71 bits per heavy atom. The Bertz CT molecular complexity index is 1100. The van der Waals surface area contributed by atoms with E-state index in [1.807, 2.05) is 84.6 Å². The van der Waals surface area contributed by atoms with Crippen LogP contribution >= 0.6 is 11.6 Å². The third-order valence-electron chi connectivity index (χ3n) is 6.21. The van der Waals surface area contributed by atoms with E-state index in [1.54, 1.807) is 7.11 Å². The number of nitrogens with one attached hydrogen (secondary N) is 1. The smallest absolute Gasteiger partial charge is 0.321 e. The van der Waals surface area contributed by atoms with E-state index in [-0.39, 0.29) is 12.1 Å². The van der Waals surface area contributed by atoms with Crippen LogP contribution in [-0.2, 0) is 11.3 Å². The molecule has 35 heavy (non-hydrogen) atoms. The molecule has 1 heterocycles. The molecule has 0 bridgehead atoms. The number of nitrogens with zero attached hydrogens (tertiary/aromatic N) is 2. The third-order valence-corrected chi connectivity index (χ3v) is 6.47. The molecule has 0 radical (unpaired) electrons. The third kappa shape index (κ3) is 7.21. The van der Waals surface area contributed by atoms with Crippen LogP contribution < -0.4 is 10.1 Å². The molecule has 4 rings (SSSR count). The van der Waals surface area contributed by atoms with E-state index in [4.69, 9.17) is 21.1 Å². The molecule has 184 valence electrons. The van der Waals surface area contributed by atoms with E-state index < -0.39 is 0 Å². The second-order valence-corrected chi connectivity index (χ2v) is 9.22. The van der Waals surface area contributed by atoms with Crippen LogP contribution in [0.3, 0.4) is 0 Å². The summed E-state index contributed by atoms with van der Waals surface area (Å²) in [5.74, 6) is 0.814. The van der Waals surface area contributed by atoms with Crippen molar-refractivity contribution in [2.45, 2.75) is 19.6 Å². The summed E-state index contributed by atoms with van der Waals surface area (Å²) in [6.45, 7) is 6.15. The lowest BCUT2D eigenvalue weighted by Gasteiger charge is -2.36. The molecule has 1 N–H and O–H groups in total. The molecule has 1 aliphatic heterocycles. The highest BCUT2D eigenvalue weighted by Gasteiger charge is 2.24. The van der Waals surface area contributed by atoms with Crippen molar-refractivity contribution in [3.8, 4) is 5.75 Å². The number of ether oxygens (including phenoxy) is 2. The van der Waals surface area contributed by atoms with Gasteiger partial charge in [-0.3, -0.25) is 4.90 Å². The highest BCUT2D eigenvalue weighted by molar-refractivity contribution is 6.30. The highest BCUT2D eigenvalue weighted by atomic mass is 35.5. The van der Waals surface area contributed by atoms with E-state index >= 15 is 0 Å². The largest absolute Gasteiger partial charge is 0.497 e. The fourth-order valence-corrected chi connectivity index (χ4v) is 4.22. The fraction of sp³-hybridized carbons (Fsp3) is 0.321. The van der Waals surface area contributed by atoms with Crippen LogP contribution in [0.2, 0.25) is 5.02 Å². The zero-order valence-electron chi connectivity index (χ0n) is 20.2. The standard InChI is InChI=1S/C28H32ClN3O3/c1-21-6-12-25(13-7-21)30-28(33)32-16-14-31(15-17-32)19-27(23-8-10-24(29)11-9-23)35-20-22-4-3-5-26(18-22)34-2/h3-13,18,27H,14-17,19-20H2,1-2H3,(H,30,33). The zero-order valence-corrected chi connectivity index (χ0v) is 21.0. The summed E-state index contributed by atoms with van der Waals surface area (Å²) in [5, 5.41) is 3.70. The van der Waals surface area contributed by atoms with E-state index in [0.29, 0.717) is 24.7 Å². The summed E-state index contributed by atoms with van der Waals surface area (Å²) >= 11 is 6.12. The van der Waals surface area contributed by atoms with Crippen molar-refractivity contribution in [3.63, 3.8) is 0 Å². The molecular formula is C28H32ClN3O3. The number of urea groups is 1. The van der Waals surface area contributed by atoms with Gasteiger partial charge in [-0.1, -0.05) is 53.6 Å². The van der Waals surface area contributed by atoms with Gasteiger partial charge in [0.2, 0.25) is 0 Å². The molecule has 3 aromatic carbocycles. The van der Waals surface area contributed by atoms with Crippen LogP contribution in [0.25, 0.3) is 0 Å². The maximum Gasteiger partial charge on any atom is 0.321 e. The molecule has 1 unspecified atom stereocenters. The zero-order chi connectivity index (χ0) is 24.6. The molecule has 1 saturated heterocycles. The first-order chi connectivity index (χ1) is 17.0. The summed E-state index contributed by atoms with van der Waals surface area (Å²) in [6.07, 6.45) is -0.119. The van der Waals surface area contributed by atoms with Gasteiger partial charge in [-0.2, -0.15) is 0 Å². The monoisotopic (exact) mass is 493 g/mol. The predicted molar refractivity (Wildman–Crippen MR) is 140 cm³/mol. The van der Waals surface area contributed by atoms with E-state index in [2.05, 4.69) is 10.2 Å². The molecule has 0 spiro atoms. The number of anilines is 1. The number of amides is 2. The highest BCUT2D eigenvalue weighted by Crippen LogP contribution is 2.24. The lowest BCUT2D eigenvalue weighted by atomic mass is 10.1. The van der Waals surface area contributed by atoms with Gasteiger partial charge in [0.25, 0.3) is 0 Å². The number of benzene rings is 3. The van der Waals surface area contributed by atoms with Gasteiger partial charge in [0.05, 0.1) is 19.8 Å². The van der Waals surface area contributed by atoms with Crippen molar-refractivity contribution < 1.29 is 14.3 Å². The first-order valence-electron chi connectivity index (χ1n) is 11.8. The molecule has 1 aliphatic rings. The van der Waals surface area contributed by atoms with Crippen molar-refractivity contribution in [2.24, 2.45) is 0 Å². The van der Waals surface area contributed by atoms with Gasteiger partial charge in [-0.25, -0.2) is 4.79 Å². The molecule has 2 amide bonds. The molecule has 3 aromatic rings. The minimum absolute atomic E-state index is 0.0583. The normalized spacial score (nSPS) is 15.0. The van der Waals surface area contributed by atoms with Crippen LogP contribution in [0.5, 0.6) is 5.75 Å². The molecule has 1 fully saturated rings. The van der Waals surface area contributed by atoms with E-state index in [0.717, 1.165) is 42.2 Å².